The second-order valence-corrected chi connectivity index (χ2v) is 5.22. The van der Waals surface area contributed by atoms with Gasteiger partial charge in [-0.2, -0.15) is 0 Å². The Balaban J connectivity index is 2.11. The molecule has 2 rings (SSSR count). The van der Waals surface area contributed by atoms with Crippen LogP contribution in [-0.4, -0.2) is 52.8 Å². The van der Waals surface area contributed by atoms with Crippen molar-refractivity contribution in [3.05, 3.63) is 35.4 Å². The Kier molecular flexibility index (Phi) is 4.59. The Morgan fingerprint density at radius 2 is 1.90 bits per heavy atom. The van der Waals surface area contributed by atoms with Crippen LogP contribution in [0.2, 0.25) is 0 Å². The third-order valence-corrected chi connectivity index (χ3v) is 3.82. The van der Waals surface area contributed by atoms with Gasteiger partial charge in [-0.3, -0.25) is 4.79 Å². The molecule has 1 aromatic carbocycles. The summed E-state index contributed by atoms with van der Waals surface area (Å²) in [4.78, 5) is 25.1. The second kappa shape index (κ2) is 6.24. The molecule has 1 amide bonds. The first-order chi connectivity index (χ1) is 9.98. The SMILES string of the molecule is COCc1ccccc1C(=O)N1CCC(O)(C(=O)O)CC1. The lowest BCUT2D eigenvalue weighted by Gasteiger charge is -2.35. The minimum absolute atomic E-state index is 0.0422. The Bertz CT molecular complexity index is 535. The molecule has 1 aliphatic heterocycles. The standard InChI is InChI=1S/C15H19NO5/c1-21-10-11-4-2-3-5-12(11)13(17)16-8-6-15(20,7-9-16)14(18)19/h2-5,20H,6-10H2,1H3,(H,18,19). The van der Waals surface area contributed by atoms with E-state index in [1.807, 2.05) is 12.1 Å². The van der Waals surface area contributed by atoms with Crippen molar-refractivity contribution in [3.8, 4) is 0 Å². The van der Waals surface area contributed by atoms with E-state index >= 15 is 0 Å². The molecule has 1 heterocycles. The van der Waals surface area contributed by atoms with Gasteiger partial charge in [0.2, 0.25) is 0 Å². The predicted molar refractivity (Wildman–Crippen MR) is 74.9 cm³/mol. The van der Waals surface area contributed by atoms with Crippen LogP contribution in [0.15, 0.2) is 24.3 Å². The smallest absolute Gasteiger partial charge is 0.335 e. The number of ether oxygens (including phenoxy) is 1. The summed E-state index contributed by atoms with van der Waals surface area (Å²) in [6.07, 6.45) is 0.0844. The number of likely N-dealkylation sites (tertiary alicyclic amines) is 1. The van der Waals surface area contributed by atoms with E-state index in [9.17, 15) is 14.7 Å². The van der Waals surface area contributed by atoms with Crippen molar-refractivity contribution in [2.75, 3.05) is 20.2 Å². The van der Waals surface area contributed by atoms with Gasteiger partial charge in [0.1, 0.15) is 0 Å². The van der Waals surface area contributed by atoms with Crippen molar-refractivity contribution in [3.63, 3.8) is 0 Å². The number of hydrogen-bond donors (Lipinski definition) is 2. The molecular weight excluding hydrogens is 274 g/mol. The number of hydrogen-bond acceptors (Lipinski definition) is 4. The monoisotopic (exact) mass is 293 g/mol. The van der Waals surface area contributed by atoms with Gasteiger partial charge in [0.15, 0.2) is 5.60 Å². The summed E-state index contributed by atoms with van der Waals surface area (Å²) >= 11 is 0. The lowest BCUT2D eigenvalue weighted by atomic mass is 9.91. The van der Waals surface area contributed by atoms with E-state index in [-0.39, 0.29) is 31.8 Å². The molecule has 114 valence electrons. The summed E-state index contributed by atoms with van der Waals surface area (Å²) in [6.45, 7) is 0.792. The quantitative estimate of drug-likeness (QED) is 0.860. The molecule has 0 aliphatic carbocycles. The van der Waals surface area contributed by atoms with Crippen LogP contribution in [-0.2, 0) is 16.1 Å². The van der Waals surface area contributed by atoms with Gasteiger partial charge in [0.05, 0.1) is 6.61 Å². The molecule has 1 aliphatic rings. The first kappa shape index (κ1) is 15.5. The Morgan fingerprint density at radius 3 is 2.48 bits per heavy atom. The summed E-state index contributed by atoms with van der Waals surface area (Å²) in [5, 5.41) is 18.9. The largest absolute Gasteiger partial charge is 0.479 e. The van der Waals surface area contributed by atoms with Crippen molar-refractivity contribution in [1.29, 1.82) is 0 Å². The van der Waals surface area contributed by atoms with E-state index in [0.717, 1.165) is 5.56 Å². The molecule has 1 fully saturated rings. The maximum atomic E-state index is 12.5. The van der Waals surface area contributed by atoms with Crippen LogP contribution in [0.3, 0.4) is 0 Å². The first-order valence-electron chi connectivity index (χ1n) is 6.80. The van der Waals surface area contributed by atoms with Crippen LogP contribution in [0.5, 0.6) is 0 Å². The molecule has 0 radical (unpaired) electrons. The molecule has 0 unspecified atom stereocenters. The Hall–Kier alpha value is -1.92. The summed E-state index contributed by atoms with van der Waals surface area (Å²) in [7, 11) is 1.56. The van der Waals surface area contributed by atoms with Gasteiger partial charge < -0.3 is 19.8 Å². The number of carboxylic acids is 1. The van der Waals surface area contributed by atoms with Gasteiger partial charge in [-0.1, -0.05) is 18.2 Å². The molecule has 0 spiro atoms. The van der Waals surface area contributed by atoms with Gasteiger partial charge in [-0.05, 0) is 11.6 Å². The Labute approximate surface area is 122 Å². The third-order valence-electron chi connectivity index (χ3n) is 3.82. The molecule has 0 aromatic heterocycles. The van der Waals surface area contributed by atoms with Gasteiger partial charge in [0, 0.05) is 38.6 Å². The average molecular weight is 293 g/mol. The number of nitrogens with zero attached hydrogens (tertiary/aromatic N) is 1. The van der Waals surface area contributed by atoms with Crippen molar-refractivity contribution >= 4 is 11.9 Å². The van der Waals surface area contributed by atoms with Crippen molar-refractivity contribution < 1.29 is 24.5 Å². The molecule has 1 saturated heterocycles. The van der Waals surface area contributed by atoms with Gasteiger partial charge in [-0.15, -0.1) is 0 Å². The number of aliphatic carboxylic acids is 1. The predicted octanol–water partition coefficient (Wildman–Crippen LogP) is 0.885. The van der Waals surface area contributed by atoms with Crippen molar-refractivity contribution in [2.45, 2.75) is 25.0 Å². The number of benzene rings is 1. The summed E-state index contributed by atoms with van der Waals surface area (Å²) in [5.74, 6) is -1.38. The summed E-state index contributed by atoms with van der Waals surface area (Å²) in [5.41, 5.74) is -0.368. The van der Waals surface area contributed by atoms with Gasteiger partial charge >= 0.3 is 5.97 Å². The molecule has 1 aromatic rings. The number of carbonyl (C=O) groups excluding carboxylic acids is 1. The van der Waals surface area contributed by atoms with E-state index < -0.39 is 11.6 Å². The number of methoxy groups -OCH3 is 1. The van der Waals surface area contributed by atoms with E-state index in [4.69, 9.17) is 9.84 Å². The maximum absolute atomic E-state index is 12.5. The molecular formula is C15H19NO5. The summed E-state index contributed by atoms with van der Waals surface area (Å²) in [6, 6.07) is 7.18. The zero-order valence-corrected chi connectivity index (χ0v) is 11.9. The molecule has 21 heavy (non-hydrogen) atoms. The highest BCUT2D eigenvalue weighted by atomic mass is 16.5. The lowest BCUT2D eigenvalue weighted by Crippen LogP contribution is -2.50. The highest BCUT2D eigenvalue weighted by molar-refractivity contribution is 5.96. The fourth-order valence-corrected chi connectivity index (χ4v) is 2.47. The minimum Gasteiger partial charge on any atom is -0.479 e. The highest BCUT2D eigenvalue weighted by Gasteiger charge is 2.40. The molecule has 0 atom stereocenters. The topological polar surface area (TPSA) is 87.1 Å². The second-order valence-electron chi connectivity index (χ2n) is 5.22. The van der Waals surface area contributed by atoms with Crippen LogP contribution >= 0.6 is 0 Å². The number of carbonyl (C=O) groups is 2. The van der Waals surface area contributed by atoms with Crippen LogP contribution in [0.25, 0.3) is 0 Å². The molecule has 2 N–H and O–H groups in total. The van der Waals surface area contributed by atoms with Crippen molar-refractivity contribution in [2.24, 2.45) is 0 Å². The Morgan fingerprint density at radius 1 is 1.29 bits per heavy atom. The average Bonchev–Trinajstić information content (AvgIpc) is 2.48. The van der Waals surface area contributed by atoms with Crippen molar-refractivity contribution in [1.82, 2.24) is 4.90 Å². The normalized spacial score (nSPS) is 17.5. The fourth-order valence-electron chi connectivity index (χ4n) is 2.47. The highest BCUT2D eigenvalue weighted by Crippen LogP contribution is 2.24. The third kappa shape index (κ3) is 3.22. The molecule has 0 saturated carbocycles. The molecule has 6 heteroatoms. The zero-order chi connectivity index (χ0) is 15.5. The van der Waals surface area contributed by atoms with Gasteiger partial charge in [-0.25, -0.2) is 4.79 Å². The number of rotatable bonds is 4. The number of amides is 1. The van der Waals surface area contributed by atoms with E-state index in [2.05, 4.69) is 0 Å². The molecule has 0 bridgehead atoms. The number of aliphatic hydroxyl groups is 1. The van der Waals surface area contributed by atoms with Crippen LogP contribution in [0.1, 0.15) is 28.8 Å². The van der Waals surface area contributed by atoms with Gasteiger partial charge in [0.25, 0.3) is 5.91 Å². The first-order valence-corrected chi connectivity index (χ1v) is 6.80. The number of piperidine rings is 1. The summed E-state index contributed by atoms with van der Waals surface area (Å²) < 4.78 is 5.08. The van der Waals surface area contributed by atoms with E-state index in [1.165, 1.54) is 0 Å². The van der Waals surface area contributed by atoms with Crippen LogP contribution in [0, 0.1) is 0 Å². The lowest BCUT2D eigenvalue weighted by molar-refractivity contribution is -0.162. The maximum Gasteiger partial charge on any atom is 0.335 e. The van der Waals surface area contributed by atoms with Crippen LogP contribution in [0.4, 0.5) is 0 Å². The fraction of sp³-hybridized carbons (Fsp3) is 0.467. The zero-order valence-electron chi connectivity index (χ0n) is 11.9. The minimum atomic E-state index is -1.72. The molecule has 6 nitrogen and oxygen atoms in total. The number of carboxylic acid groups (broad SMARTS) is 1. The van der Waals surface area contributed by atoms with E-state index in [0.29, 0.717) is 12.2 Å². The van der Waals surface area contributed by atoms with Crippen LogP contribution < -0.4 is 0 Å². The van der Waals surface area contributed by atoms with E-state index in [1.54, 1.807) is 24.1 Å².